The molecule has 0 aliphatic carbocycles. The molecule has 0 unspecified atom stereocenters. The SMILES string of the molecule is COc1cc(=O)[nH]c2c(Br)cccc12. The van der Waals surface area contributed by atoms with Crippen molar-refractivity contribution in [2.24, 2.45) is 0 Å². The standard InChI is InChI=1S/C10H8BrNO2/c1-14-8-5-9(13)12-10-6(8)3-2-4-7(10)11/h2-5H,1H3,(H,12,13). The molecule has 0 fully saturated rings. The van der Waals surface area contributed by atoms with Gasteiger partial charge in [0.2, 0.25) is 0 Å². The molecule has 3 nitrogen and oxygen atoms in total. The first kappa shape index (κ1) is 9.27. The normalized spacial score (nSPS) is 10.4. The first-order valence-corrected chi connectivity index (χ1v) is 4.87. The molecule has 2 rings (SSSR count). The summed E-state index contributed by atoms with van der Waals surface area (Å²) in [6.07, 6.45) is 0. The molecule has 0 saturated heterocycles. The highest BCUT2D eigenvalue weighted by Crippen LogP contribution is 2.26. The fourth-order valence-corrected chi connectivity index (χ4v) is 1.85. The summed E-state index contributed by atoms with van der Waals surface area (Å²) >= 11 is 3.37. The van der Waals surface area contributed by atoms with E-state index in [4.69, 9.17) is 4.74 Å². The predicted octanol–water partition coefficient (Wildman–Crippen LogP) is 2.30. The molecule has 0 aliphatic heterocycles. The third kappa shape index (κ3) is 1.42. The number of benzene rings is 1. The Morgan fingerprint density at radius 3 is 2.93 bits per heavy atom. The number of hydrogen-bond donors (Lipinski definition) is 1. The molecule has 1 aromatic heterocycles. The molecule has 2 aromatic rings. The van der Waals surface area contributed by atoms with E-state index < -0.39 is 0 Å². The van der Waals surface area contributed by atoms with Gasteiger partial charge in [0.15, 0.2) is 0 Å². The predicted molar refractivity (Wildman–Crippen MR) is 58.8 cm³/mol. The maximum Gasteiger partial charge on any atom is 0.252 e. The van der Waals surface area contributed by atoms with Crippen LogP contribution < -0.4 is 10.3 Å². The highest BCUT2D eigenvalue weighted by molar-refractivity contribution is 9.10. The second-order valence-electron chi connectivity index (χ2n) is 2.86. The van der Waals surface area contributed by atoms with E-state index in [1.807, 2.05) is 18.2 Å². The second kappa shape index (κ2) is 3.46. The smallest absolute Gasteiger partial charge is 0.252 e. The van der Waals surface area contributed by atoms with Gasteiger partial charge in [-0.05, 0) is 28.1 Å². The molecule has 0 saturated carbocycles. The number of methoxy groups -OCH3 is 1. The van der Waals surface area contributed by atoms with Crippen LogP contribution >= 0.6 is 15.9 Å². The molecule has 0 bridgehead atoms. The minimum atomic E-state index is -0.166. The van der Waals surface area contributed by atoms with Crippen LogP contribution in [0.1, 0.15) is 0 Å². The summed E-state index contributed by atoms with van der Waals surface area (Å²) in [5.41, 5.74) is 0.595. The lowest BCUT2D eigenvalue weighted by atomic mass is 10.2. The summed E-state index contributed by atoms with van der Waals surface area (Å²) in [5.74, 6) is 0.588. The number of hydrogen-bond acceptors (Lipinski definition) is 2. The Hall–Kier alpha value is -1.29. The molecule has 0 radical (unpaired) electrons. The molecule has 1 N–H and O–H groups in total. The summed E-state index contributed by atoms with van der Waals surface area (Å²) in [4.78, 5) is 14.0. The van der Waals surface area contributed by atoms with Crippen molar-refractivity contribution in [3.8, 4) is 5.75 Å². The molecule has 14 heavy (non-hydrogen) atoms. The number of pyridine rings is 1. The van der Waals surface area contributed by atoms with Crippen molar-refractivity contribution < 1.29 is 4.74 Å². The van der Waals surface area contributed by atoms with Gasteiger partial charge in [-0.1, -0.05) is 6.07 Å². The maximum absolute atomic E-state index is 11.3. The molecular weight excluding hydrogens is 246 g/mol. The van der Waals surface area contributed by atoms with Gasteiger partial charge < -0.3 is 9.72 Å². The van der Waals surface area contributed by atoms with Gasteiger partial charge in [-0.15, -0.1) is 0 Å². The monoisotopic (exact) mass is 253 g/mol. The lowest BCUT2D eigenvalue weighted by Crippen LogP contribution is -2.05. The molecule has 1 heterocycles. The summed E-state index contributed by atoms with van der Waals surface area (Å²) < 4.78 is 5.98. The number of para-hydroxylation sites is 1. The van der Waals surface area contributed by atoms with Crippen LogP contribution in [0.25, 0.3) is 10.9 Å². The van der Waals surface area contributed by atoms with E-state index in [1.54, 1.807) is 7.11 Å². The molecule has 0 atom stereocenters. The van der Waals surface area contributed by atoms with Crippen molar-refractivity contribution in [3.63, 3.8) is 0 Å². The van der Waals surface area contributed by atoms with Crippen LogP contribution in [-0.2, 0) is 0 Å². The zero-order chi connectivity index (χ0) is 10.1. The van der Waals surface area contributed by atoms with Gasteiger partial charge in [-0.3, -0.25) is 4.79 Å². The first-order chi connectivity index (χ1) is 6.72. The van der Waals surface area contributed by atoms with E-state index in [2.05, 4.69) is 20.9 Å². The van der Waals surface area contributed by atoms with Gasteiger partial charge in [0.25, 0.3) is 5.56 Å². The number of halogens is 1. The molecule has 72 valence electrons. The number of nitrogens with one attached hydrogen (secondary N) is 1. The number of fused-ring (bicyclic) bond motifs is 1. The van der Waals surface area contributed by atoms with E-state index in [0.717, 1.165) is 15.4 Å². The molecule has 4 heteroatoms. The van der Waals surface area contributed by atoms with E-state index in [-0.39, 0.29) is 5.56 Å². The Bertz CT molecular complexity index is 533. The quantitative estimate of drug-likeness (QED) is 0.848. The minimum absolute atomic E-state index is 0.166. The lowest BCUT2D eigenvalue weighted by molar-refractivity contribution is 0.419. The minimum Gasteiger partial charge on any atom is -0.496 e. The summed E-state index contributed by atoms with van der Waals surface area (Å²) in [6.45, 7) is 0. The van der Waals surface area contributed by atoms with E-state index in [9.17, 15) is 4.79 Å². The molecule has 0 spiro atoms. The van der Waals surface area contributed by atoms with E-state index >= 15 is 0 Å². The number of H-pyrrole nitrogens is 1. The number of aromatic nitrogens is 1. The largest absolute Gasteiger partial charge is 0.496 e. The molecular formula is C10H8BrNO2. The van der Waals surface area contributed by atoms with Crippen LogP contribution in [-0.4, -0.2) is 12.1 Å². The average molecular weight is 254 g/mol. The van der Waals surface area contributed by atoms with Crippen LogP contribution in [0.5, 0.6) is 5.75 Å². The number of rotatable bonds is 1. The molecule has 1 aromatic carbocycles. The third-order valence-corrected chi connectivity index (χ3v) is 2.67. The maximum atomic E-state index is 11.3. The van der Waals surface area contributed by atoms with Gasteiger partial charge in [0.05, 0.1) is 12.6 Å². The summed E-state index contributed by atoms with van der Waals surface area (Å²) in [6, 6.07) is 7.11. The van der Waals surface area contributed by atoms with Gasteiger partial charge in [0.1, 0.15) is 5.75 Å². The Morgan fingerprint density at radius 2 is 2.21 bits per heavy atom. The van der Waals surface area contributed by atoms with Crippen LogP contribution in [0.3, 0.4) is 0 Å². The Morgan fingerprint density at radius 1 is 1.43 bits per heavy atom. The fraction of sp³-hybridized carbons (Fsp3) is 0.100. The lowest BCUT2D eigenvalue weighted by Gasteiger charge is -2.05. The van der Waals surface area contributed by atoms with Crippen LogP contribution in [0.4, 0.5) is 0 Å². The summed E-state index contributed by atoms with van der Waals surface area (Å²) in [7, 11) is 1.55. The second-order valence-corrected chi connectivity index (χ2v) is 3.72. The highest BCUT2D eigenvalue weighted by Gasteiger charge is 2.05. The average Bonchev–Trinajstić information content (AvgIpc) is 2.18. The Labute approximate surface area is 88.8 Å². The Balaban J connectivity index is 2.94. The van der Waals surface area contributed by atoms with Gasteiger partial charge in [0, 0.05) is 15.9 Å². The van der Waals surface area contributed by atoms with Crippen molar-refractivity contribution >= 4 is 26.8 Å². The van der Waals surface area contributed by atoms with E-state index in [1.165, 1.54) is 6.07 Å². The molecule has 0 aliphatic rings. The third-order valence-electron chi connectivity index (χ3n) is 2.01. The summed E-state index contributed by atoms with van der Waals surface area (Å²) in [5, 5.41) is 0.890. The molecule has 0 amide bonds. The Kier molecular flexibility index (Phi) is 2.29. The zero-order valence-electron chi connectivity index (χ0n) is 7.50. The van der Waals surface area contributed by atoms with Crippen molar-refractivity contribution in [2.75, 3.05) is 7.11 Å². The van der Waals surface area contributed by atoms with E-state index in [0.29, 0.717) is 5.75 Å². The van der Waals surface area contributed by atoms with Gasteiger partial charge in [-0.2, -0.15) is 0 Å². The zero-order valence-corrected chi connectivity index (χ0v) is 9.09. The number of ether oxygens (including phenoxy) is 1. The highest BCUT2D eigenvalue weighted by atomic mass is 79.9. The van der Waals surface area contributed by atoms with Crippen molar-refractivity contribution in [1.82, 2.24) is 4.98 Å². The number of aromatic amines is 1. The van der Waals surface area contributed by atoms with Crippen molar-refractivity contribution in [1.29, 1.82) is 0 Å². The fourth-order valence-electron chi connectivity index (χ4n) is 1.38. The van der Waals surface area contributed by atoms with Gasteiger partial charge >= 0.3 is 0 Å². The van der Waals surface area contributed by atoms with Crippen LogP contribution in [0.15, 0.2) is 33.5 Å². The van der Waals surface area contributed by atoms with Crippen molar-refractivity contribution in [3.05, 3.63) is 39.1 Å². The van der Waals surface area contributed by atoms with Crippen molar-refractivity contribution in [2.45, 2.75) is 0 Å². The van der Waals surface area contributed by atoms with Crippen LogP contribution in [0, 0.1) is 0 Å². The van der Waals surface area contributed by atoms with Crippen LogP contribution in [0.2, 0.25) is 0 Å². The first-order valence-electron chi connectivity index (χ1n) is 4.08. The topological polar surface area (TPSA) is 42.1 Å². The van der Waals surface area contributed by atoms with Gasteiger partial charge in [-0.25, -0.2) is 0 Å².